The molecular formula is C46H54N4O10S. The summed E-state index contributed by atoms with van der Waals surface area (Å²) in [4.78, 5) is 55.7. The van der Waals surface area contributed by atoms with Crippen LogP contribution in [0.4, 0.5) is 0 Å². The number of hydrogen-bond acceptors (Lipinski definition) is 12. The van der Waals surface area contributed by atoms with E-state index >= 15 is 0 Å². The number of sulfone groups is 1. The van der Waals surface area contributed by atoms with Crippen molar-refractivity contribution in [3.05, 3.63) is 58.8 Å². The molecule has 14 nitrogen and oxygen atoms in total. The molecule has 1 amide bonds. The third-order valence-electron chi connectivity index (χ3n) is 15.6. The first-order chi connectivity index (χ1) is 28.5. The first-order valence-electron chi connectivity index (χ1n) is 20.9. The number of fused-ring (bicyclic) bond motifs is 7. The molecule has 0 radical (unpaired) electrons. The Morgan fingerprint density at radius 2 is 1.69 bits per heavy atom. The van der Waals surface area contributed by atoms with E-state index in [-0.39, 0.29) is 56.7 Å². The van der Waals surface area contributed by atoms with Gasteiger partial charge in [-0.1, -0.05) is 90.2 Å². The second kappa shape index (κ2) is 15.0. The Morgan fingerprint density at radius 1 is 1.02 bits per heavy atom. The Hall–Kier alpha value is -5.28. The number of aromatic nitrogens is 2. The Bertz CT molecular complexity index is 2470. The number of hydrogen-bond donors (Lipinski definition) is 1. The second-order valence-electron chi connectivity index (χ2n) is 19.7. The molecule has 61 heavy (non-hydrogen) atoms. The maximum absolute atomic E-state index is 14.9. The highest BCUT2D eigenvalue weighted by atomic mass is 32.2. The van der Waals surface area contributed by atoms with E-state index in [1.807, 2.05) is 26.0 Å². The summed E-state index contributed by atoms with van der Waals surface area (Å²) < 4.78 is 41.1. The van der Waals surface area contributed by atoms with Crippen LogP contribution in [0.5, 0.6) is 5.88 Å². The van der Waals surface area contributed by atoms with Crippen LogP contribution in [0.25, 0.3) is 0 Å². The molecule has 324 valence electrons. The molecular weight excluding hydrogens is 801 g/mol. The third kappa shape index (κ3) is 6.78. The molecule has 1 aromatic carbocycles. The molecule has 1 aromatic heterocycles. The summed E-state index contributed by atoms with van der Waals surface area (Å²) in [7, 11) is -4.31. The number of Topliss-reactive ketones (excluding diaryl/α,β-unsaturated/α-hetero) is 1. The molecule has 1 heterocycles. The smallest absolute Gasteiger partial charge is 0.415 e. The Morgan fingerprint density at radius 3 is 2.38 bits per heavy atom. The largest absolute Gasteiger partial charge is 0.451 e. The van der Waals surface area contributed by atoms with Gasteiger partial charge in [-0.05, 0) is 103 Å². The van der Waals surface area contributed by atoms with Crippen molar-refractivity contribution in [3.63, 3.8) is 0 Å². The van der Waals surface area contributed by atoms with E-state index in [0.717, 1.165) is 24.8 Å². The van der Waals surface area contributed by atoms with E-state index in [1.54, 1.807) is 13.0 Å². The molecule has 0 bridgehead atoms. The number of nitrogens with one attached hydrogen (secondary N) is 1. The van der Waals surface area contributed by atoms with E-state index in [1.165, 1.54) is 24.3 Å². The van der Waals surface area contributed by atoms with Gasteiger partial charge in [0, 0.05) is 16.7 Å². The van der Waals surface area contributed by atoms with Crippen molar-refractivity contribution in [1.82, 2.24) is 10.5 Å². The normalized spacial score (nSPS) is 32.7. The molecule has 0 saturated heterocycles. The van der Waals surface area contributed by atoms with E-state index in [9.17, 15) is 38.1 Å². The molecule has 8 atom stereocenters. The minimum Gasteiger partial charge on any atom is -0.451 e. The van der Waals surface area contributed by atoms with Crippen LogP contribution in [-0.4, -0.2) is 56.3 Å². The lowest BCUT2D eigenvalue weighted by atomic mass is 9.34. The van der Waals surface area contributed by atoms with Gasteiger partial charge in [-0.15, -0.1) is 0 Å². The molecule has 3 saturated carbocycles. The van der Waals surface area contributed by atoms with Crippen LogP contribution in [0.15, 0.2) is 68.2 Å². The van der Waals surface area contributed by atoms with Gasteiger partial charge in [-0.2, -0.15) is 5.26 Å². The number of nitrogens with zero attached hydrogens (tertiary/aromatic N) is 3. The lowest BCUT2D eigenvalue weighted by Crippen LogP contribution is -2.67. The van der Waals surface area contributed by atoms with Crippen LogP contribution >= 0.6 is 0 Å². The Kier molecular flexibility index (Phi) is 10.7. The van der Waals surface area contributed by atoms with Gasteiger partial charge in [0.05, 0.1) is 21.0 Å². The molecule has 3 fully saturated rings. The number of benzene rings is 1. The van der Waals surface area contributed by atoms with Gasteiger partial charge in [0.15, 0.2) is 24.8 Å². The zero-order valence-corrected chi connectivity index (χ0v) is 36.9. The Balaban J connectivity index is 1.05. The highest BCUT2D eigenvalue weighted by molar-refractivity contribution is 7.91. The molecule has 2 aromatic rings. The van der Waals surface area contributed by atoms with E-state index in [0.29, 0.717) is 25.7 Å². The van der Waals surface area contributed by atoms with Crippen LogP contribution in [0.2, 0.25) is 0 Å². The zero-order chi connectivity index (χ0) is 44.6. The SMILES string of the molecule is C[C@@H](NC(=O)[C@]12CCC(C)(C)C[C@H]1[C@H]1C(=O)C=C3[C@@]4(C)C=C(C#N)C(=O)C(C)(C)[C@@H]4CC[C@@]3(C)[C@]1(C)CC2)C(=O)OCC#CCOc1no[n+]([O-])c1S(=O)(=O)c1ccccc1. The molecule has 0 spiro atoms. The van der Waals surface area contributed by atoms with E-state index in [4.69, 9.17) is 9.47 Å². The lowest BCUT2D eigenvalue weighted by Gasteiger charge is -2.69. The van der Waals surface area contributed by atoms with Gasteiger partial charge in [-0.3, -0.25) is 19.0 Å². The van der Waals surface area contributed by atoms with Gasteiger partial charge in [-0.25, -0.2) is 13.2 Å². The van der Waals surface area contributed by atoms with Crippen molar-refractivity contribution < 1.29 is 46.6 Å². The minimum atomic E-state index is -4.31. The van der Waals surface area contributed by atoms with Crippen LogP contribution in [0.1, 0.15) is 100 Å². The summed E-state index contributed by atoms with van der Waals surface area (Å²) in [5, 5.41) is 27.7. The van der Waals surface area contributed by atoms with Crippen LogP contribution in [-0.2, 0) is 33.8 Å². The van der Waals surface area contributed by atoms with Crippen LogP contribution < -0.4 is 15.0 Å². The number of nitriles is 1. The number of ether oxygens (including phenoxy) is 2. The molecule has 1 N–H and O–H groups in total. The number of ketones is 2. The topological polar surface area (TPSA) is 210 Å². The summed E-state index contributed by atoms with van der Waals surface area (Å²) in [5.41, 5.74) is -2.28. The molecule has 0 aliphatic heterocycles. The molecule has 15 heteroatoms. The fourth-order valence-corrected chi connectivity index (χ4v) is 13.4. The number of esters is 1. The summed E-state index contributed by atoms with van der Waals surface area (Å²) in [6.45, 7) is 15.5. The van der Waals surface area contributed by atoms with Crippen LogP contribution in [0.3, 0.4) is 0 Å². The van der Waals surface area contributed by atoms with Gasteiger partial charge < -0.3 is 20.0 Å². The van der Waals surface area contributed by atoms with Crippen molar-refractivity contribution in [2.75, 3.05) is 13.2 Å². The zero-order valence-electron chi connectivity index (χ0n) is 36.0. The van der Waals surface area contributed by atoms with Crippen molar-refractivity contribution in [1.29, 1.82) is 5.26 Å². The van der Waals surface area contributed by atoms with Crippen LogP contribution in [0, 0.1) is 78.6 Å². The highest BCUT2D eigenvalue weighted by Gasteiger charge is 2.71. The lowest BCUT2D eigenvalue weighted by molar-refractivity contribution is -0.832. The van der Waals surface area contributed by atoms with Gasteiger partial charge in [0.1, 0.15) is 12.1 Å². The maximum Gasteiger partial charge on any atom is 0.415 e. The first kappa shape index (κ1) is 43.8. The molecule has 7 rings (SSSR count). The van der Waals surface area contributed by atoms with Gasteiger partial charge >= 0.3 is 16.9 Å². The first-order valence-corrected chi connectivity index (χ1v) is 22.4. The summed E-state index contributed by atoms with van der Waals surface area (Å²) in [6.07, 6.45) is 8.32. The van der Waals surface area contributed by atoms with E-state index < -0.39 is 72.4 Å². The summed E-state index contributed by atoms with van der Waals surface area (Å²) in [5.74, 6) is 2.62. The predicted molar refractivity (Wildman–Crippen MR) is 218 cm³/mol. The average Bonchev–Trinajstić information content (AvgIpc) is 3.58. The highest BCUT2D eigenvalue weighted by Crippen LogP contribution is 2.74. The third-order valence-corrected chi connectivity index (χ3v) is 17.3. The van der Waals surface area contributed by atoms with E-state index in [2.05, 4.69) is 67.6 Å². The molecule has 0 unspecified atom stereocenters. The maximum atomic E-state index is 14.9. The van der Waals surface area contributed by atoms with Crippen molar-refractivity contribution >= 4 is 33.3 Å². The monoisotopic (exact) mass is 854 g/mol. The predicted octanol–water partition coefficient (Wildman–Crippen LogP) is 5.79. The van der Waals surface area contributed by atoms with Gasteiger partial charge in [0.2, 0.25) is 5.91 Å². The molecule has 5 aliphatic rings. The second-order valence-corrected chi connectivity index (χ2v) is 21.6. The number of amides is 1. The van der Waals surface area contributed by atoms with Gasteiger partial charge in [0.25, 0.3) is 9.84 Å². The van der Waals surface area contributed by atoms with Crippen molar-refractivity contribution in [2.24, 2.45) is 50.2 Å². The quantitative estimate of drug-likeness (QED) is 0.190. The number of rotatable bonds is 8. The van der Waals surface area contributed by atoms with Crippen molar-refractivity contribution in [3.8, 4) is 23.8 Å². The Labute approximate surface area is 356 Å². The standard InChI is InChI=1S/C46H54N4O10S/c1-28(39(53)59-23-13-12-22-58-37-38(50(55)60-49-37)61(56,57)30-14-10-9-11-15-30)48-40(54)46-20-18-41(2,3)26-31(46)35-32(51)24-34-43(6)25-29(27-47)36(52)42(4,5)33(43)16-17-44(34,7)45(35,8)19-21-46/h9-11,14-15,24-25,28,31,33,35H,16-23,26H2,1-8H3,(H,48,54)/t28-,31+,33+,35+,43+,44-,45-,46+/m1/s1. The fraction of sp³-hybridized carbons (Fsp3) is 0.587. The summed E-state index contributed by atoms with van der Waals surface area (Å²) in [6, 6.07) is 8.37. The number of carbonyl (C=O) groups excluding carboxylic acids is 4. The van der Waals surface area contributed by atoms with Crippen molar-refractivity contribution in [2.45, 2.75) is 116 Å². The fourth-order valence-electron chi connectivity index (χ4n) is 12.1. The average molecular weight is 855 g/mol. The summed E-state index contributed by atoms with van der Waals surface area (Å²) >= 11 is 0. The minimum absolute atomic E-state index is 0.0159. The number of allylic oxidation sites excluding steroid dienone is 4. The number of carbonyl (C=O) groups is 4. The molecule has 5 aliphatic carbocycles.